The normalized spacial score (nSPS) is 16.9. The Labute approximate surface area is 228 Å². The Morgan fingerprint density at radius 2 is 1.92 bits per heavy atom. The van der Waals surface area contributed by atoms with Crippen LogP contribution in [-0.4, -0.2) is 73.3 Å². The van der Waals surface area contributed by atoms with E-state index in [-0.39, 0.29) is 5.91 Å². The average molecular weight is 530 g/mol. The van der Waals surface area contributed by atoms with Crippen LogP contribution in [0.4, 0.5) is 28.6 Å². The summed E-state index contributed by atoms with van der Waals surface area (Å²) in [7, 11) is 0. The molecule has 0 bridgehead atoms. The van der Waals surface area contributed by atoms with E-state index in [2.05, 4.69) is 48.7 Å². The number of hydrogen-bond donors (Lipinski definition) is 3. The van der Waals surface area contributed by atoms with Crippen LogP contribution < -0.4 is 25.6 Å². The number of ether oxygens (including phenoxy) is 2. The number of anilines is 5. The van der Waals surface area contributed by atoms with Gasteiger partial charge in [-0.3, -0.25) is 9.69 Å². The fourth-order valence-electron chi connectivity index (χ4n) is 5.42. The molecule has 1 aromatic carbocycles. The lowest BCUT2D eigenvalue weighted by Crippen LogP contribution is -2.41. The monoisotopic (exact) mass is 529 g/mol. The van der Waals surface area contributed by atoms with Crippen LogP contribution in [-0.2, 0) is 22.5 Å². The molecule has 10 nitrogen and oxygen atoms in total. The van der Waals surface area contributed by atoms with Gasteiger partial charge in [0.15, 0.2) is 0 Å². The van der Waals surface area contributed by atoms with Gasteiger partial charge in [-0.05, 0) is 61.2 Å². The number of aryl methyl sites for hydroxylation is 1. The maximum absolute atomic E-state index is 12.5. The highest BCUT2D eigenvalue weighted by Gasteiger charge is 2.23. The molecule has 0 atom stereocenters. The van der Waals surface area contributed by atoms with Crippen molar-refractivity contribution in [2.45, 2.75) is 26.8 Å². The molecule has 1 amide bonds. The number of carbonyl (C=O) groups is 1. The number of amides is 1. The third-order valence-electron chi connectivity index (χ3n) is 7.60. The van der Waals surface area contributed by atoms with Crippen molar-refractivity contribution in [1.82, 2.24) is 14.9 Å². The largest absolute Gasteiger partial charge is 0.474 e. The molecule has 5 heterocycles. The van der Waals surface area contributed by atoms with Gasteiger partial charge in [0.1, 0.15) is 18.1 Å². The van der Waals surface area contributed by atoms with Crippen LogP contribution in [0.1, 0.15) is 22.3 Å². The van der Waals surface area contributed by atoms with E-state index in [1.165, 1.54) is 16.7 Å². The van der Waals surface area contributed by atoms with Crippen molar-refractivity contribution in [2.24, 2.45) is 0 Å². The number of benzene rings is 1. The Bertz CT molecular complexity index is 1370. The van der Waals surface area contributed by atoms with Gasteiger partial charge < -0.3 is 30.3 Å². The smallest absolute Gasteiger partial charge is 0.238 e. The zero-order valence-corrected chi connectivity index (χ0v) is 22.5. The van der Waals surface area contributed by atoms with E-state index in [9.17, 15) is 4.79 Å². The molecule has 1 saturated heterocycles. The molecule has 39 heavy (non-hydrogen) atoms. The molecular formula is C29H35N7O3. The quantitative estimate of drug-likeness (QED) is 0.443. The lowest BCUT2D eigenvalue weighted by Gasteiger charge is -2.33. The predicted molar refractivity (Wildman–Crippen MR) is 152 cm³/mol. The van der Waals surface area contributed by atoms with Crippen molar-refractivity contribution in [1.29, 1.82) is 0 Å². The van der Waals surface area contributed by atoms with Crippen LogP contribution in [0.15, 0.2) is 36.7 Å². The molecule has 0 aliphatic carbocycles. The maximum Gasteiger partial charge on any atom is 0.238 e. The van der Waals surface area contributed by atoms with Gasteiger partial charge >= 0.3 is 0 Å². The van der Waals surface area contributed by atoms with Gasteiger partial charge in [0.05, 0.1) is 31.6 Å². The lowest BCUT2D eigenvalue weighted by atomic mass is 10.0. The zero-order valence-electron chi connectivity index (χ0n) is 22.5. The third-order valence-corrected chi connectivity index (χ3v) is 7.60. The van der Waals surface area contributed by atoms with Crippen molar-refractivity contribution < 1.29 is 14.3 Å². The van der Waals surface area contributed by atoms with Crippen molar-refractivity contribution in [3.8, 4) is 5.88 Å². The number of aromatic nitrogens is 2. The Morgan fingerprint density at radius 1 is 1.05 bits per heavy atom. The van der Waals surface area contributed by atoms with E-state index in [1.807, 2.05) is 37.5 Å². The lowest BCUT2D eigenvalue weighted by molar-refractivity contribution is -0.118. The summed E-state index contributed by atoms with van der Waals surface area (Å²) in [6.07, 6.45) is 4.84. The summed E-state index contributed by atoms with van der Waals surface area (Å²) in [5.74, 6) is 1.48. The van der Waals surface area contributed by atoms with Gasteiger partial charge in [-0.15, -0.1) is 0 Å². The molecule has 0 radical (unpaired) electrons. The average Bonchev–Trinajstić information content (AvgIpc) is 2.95. The number of pyridine rings is 2. The molecule has 0 saturated carbocycles. The van der Waals surface area contributed by atoms with Crippen LogP contribution in [0.5, 0.6) is 5.88 Å². The topological polar surface area (TPSA) is 104 Å². The minimum absolute atomic E-state index is 0.00529. The van der Waals surface area contributed by atoms with Crippen LogP contribution >= 0.6 is 0 Å². The van der Waals surface area contributed by atoms with Crippen molar-refractivity contribution in [3.63, 3.8) is 0 Å². The first-order valence-electron chi connectivity index (χ1n) is 13.6. The second-order valence-electron chi connectivity index (χ2n) is 10.3. The SMILES string of the molecule is Cc1cc(Nc2cc3c(cn2)CCN(c2cnc4c(c2C)NCCO4)C3)ccc1NC(=O)CN1CCOCC1. The summed E-state index contributed by atoms with van der Waals surface area (Å²) in [6.45, 7) is 10.6. The summed E-state index contributed by atoms with van der Waals surface area (Å²) in [6, 6.07) is 8.09. The van der Waals surface area contributed by atoms with Crippen molar-refractivity contribution in [2.75, 3.05) is 73.4 Å². The maximum atomic E-state index is 12.5. The highest BCUT2D eigenvalue weighted by atomic mass is 16.5. The Hall–Kier alpha value is -3.89. The van der Waals surface area contributed by atoms with Gasteiger partial charge in [0.25, 0.3) is 0 Å². The summed E-state index contributed by atoms with van der Waals surface area (Å²) in [4.78, 5) is 26.3. The first-order valence-corrected chi connectivity index (χ1v) is 13.6. The zero-order chi connectivity index (χ0) is 26.8. The van der Waals surface area contributed by atoms with Crippen LogP contribution in [0.3, 0.4) is 0 Å². The van der Waals surface area contributed by atoms with E-state index in [0.717, 1.165) is 73.3 Å². The highest BCUT2D eigenvalue weighted by molar-refractivity contribution is 5.93. The number of nitrogens with zero attached hydrogens (tertiary/aromatic N) is 4. The number of nitrogens with one attached hydrogen (secondary N) is 3. The summed E-state index contributed by atoms with van der Waals surface area (Å²) >= 11 is 0. The van der Waals surface area contributed by atoms with E-state index in [0.29, 0.717) is 32.2 Å². The Kier molecular flexibility index (Phi) is 7.21. The van der Waals surface area contributed by atoms with E-state index >= 15 is 0 Å². The minimum atomic E-state index is -0.00529. The van der Waals surface area contributed by atoms with Crippen molar-refractivity contribution in [3.05, 3.63) is 58.9 Å². The minimum Gasteiger partial charge on any atom is -0.474 e. The van der Waals surface area contributed by atoms with Gasteiger partial charge in [0.2, 0.25) is 11.8 Å². The van der Waals surface area contributed by atoms with Crippen molar-refractivity contribution >= 4 is 34.5 Å². The molecule has 2 aromatic heterocycles. The molecule has 3 aromatic rings. The third kappa shape index (κ3) is 5.62. The van der Waals surface area contributed by atoms with Crippen LogP contribution in [0, 0.1) is 13.8 Å². The van der Waals surface area contributed by atoms with Crippen LogP contribution in [0.25, 0.3) is 0 Å². The first-order chi connectivity index (χ1) is 19.0. The standard InChI is InChI=1S/C29H35N7O3/c1-19-13-23(3-4-24(19)34-27(37)18-35-8-11-38-12-9-35)33-26-14-22-17-36(7-5-21(22)15-31-26)25-16-32-29-28(20(25)2)30-6-10-39-29/h3-4,13-16,30H,5-12,17-18H2,1-2H3,(H,31,33)(H,34,37). The molecule has 10 heteroatoms. The molecular weight excluding hydrogens is 494 g/mol. The molecule has 204 valence electrons. The fourth-order valence-corrected chi connectivity index (χ4v) is 5.42. The van der Waals surface area contributed by atoms with Gasteiger partial charge in [-0.2, -0.15) is 0 Å². The molecule has 6 rings (SSSR count). The van der Waals surface area contributed by atoms with Gasteiger partial charge in [0, 0.05) is 55.9 Å². The van der Waals surface area contributed by atoms with E-state index < -0.39 is 0 Å². The first kappa shape index (κ1) is 25.4. The van der Waals surface area contributed by atoms with Gasteiger partial charge in [-0.25, -0.2) is 9.97 Å². The van der Waals surface area contributed by atoms with Crippen LogP contribution in [0.2, 0.25) is 0 Å². The Balaban J connectivity index is 1.12. The number of fused-ring (bicyclic) bond motifs is 2. The molecule has 3 aliphatic rings. The second kappa shape index (κ2) is 11.1. The number of morpholine rings is 1. The molecule has 1 fully saturated rings. The summed E-state index contributed by atoms with van der Waals surface area (Å²) in [5, 5.41) is 9.93. The number of rotatable bonds is 6. The summed E-state index contributed by atoms with van der Waals surface area (Å²) < 4.78 is 11.1. The highest BCUT2D eigenvalue weighted by Crippen LogP contribution is 2.36. The second-order valence-corrected chi connectivity index (χ2v) is 10.3. The van der Waals surface area contributed by atoms with E-state index in [4.69, 9.17) is 9.47 Å². The fraction of sp³-hybridized carbons (Fsp3) is 0.414. The molecule has 3 aliphatic heterocycles. The predicted octanol–water partition coefficient (Wildman–Crippen LogP) is 3.47. The molecule has 0 unspecified atom stereocenters. The molecule has 3 N–H and O–H groups in total. The van der Waals surface area contributed by atoms with Gasteiger partial charge in [-0.1, -0.05) is 0 Å². The molecule has 0 spiro atoms. The Morgan fingerprint density at radius 3 is 2.77 bits per heavy atom. The van der Waals surface area contributed by atoms with E-state index in [1.54, 1.807) is 0 Å². The number of carbonyl (C=O) groups excluding carboxylic acids is 1. The number of hydrogen-bond acceptors (Lipinski definition) is 9. The summed E-state index contributed by atoms with van der Waals surface area (Å²) in [5.41, 5.74) is 8.57.